The van der Waals surface area contributed by atoms with Crippen LogP contribution in [0, 0.1) is 0 Å². The highest BCUT2D eigenvalue weighted by molar-refractivity contribution is 5.90. The molecule has 6 heteroatoms. The van der Waals surface area contributed by atoms with Crippen molar-refractivity contribution in [1.82, 2.24) is 0 Å². The average molecular weight is 239 g/mol. The van der Waals surface area contributed by atoms with Crippen LogP contribution in [0.1, 0.15) is 10.4 Å². The van der Waals surface area contributed by atoms with Gasteiger partial charge in [-0.2, -0.15) is 0 Å². The van der Waals surface area contributed by atoms with Gasteiger partial charge in [0.05, 0.1) is 25.5 Å². The molecule has 0 saturated carbocycles. The van der Waals surface area contributed by atoms with Crippen molar-refractivity contribution in [2.75, 3.05) is 26.6 Å². The van der Waals surface area contributed by atoms with E-state index in [2.05, 4.69) is 9.47 Å². The molecular formula is C11H13NO5. The molecule has 2 N–H and O–H groups in total. The number of nitrogen functional groups attached to an aromatic ring is 1. The van der Waals surface area contributed by atoms with Gasteiger partial charge in [0.2, 0.25) is 0 Å². The van der Waals surface area contributed by atoms with Gasteiger partial charge in [-0.25, -0.2) is 9.59 Å². The first kappa shape index (κ1) is 12.8. The van der Waals surface area contributed by atoms with E-state index in [0.29, 0.717) is 11.3 Å². The molecule has 17 heavy (non-hydrogen) atoms. The van der Waals surface area contributed by atoms with Gasteiger partial charge >= 0.3 is 11.9 Å². The molecule has 0 fully saturated rings. The number of benzene rings is 1. The standard InChI is InChI=1S/C11H13NO5/c1-15-10(13)6-17-9-4-3-7(5-8(9)12)11(14)16-2/h3-5H,6,12H2,1-2H3. The Balaban J connectivity index is 2.76. The second-order valence-corrected chi connectivity index (χ2v) is 3.11. The van der Waals surface area contributed by atoms with Crippen LogP contribution in [0.15, 0.2) is 18.2 Å². The summed E-state index contributed by atoms with van der Waals surface area (Å²) in [6.07, 6.45) is 0. The molecule has 0 saturated heterocycles. The fourth-order valence-electron chi connectivity index (χ4n) is 1.12. The topological polar surface area (TPSA) is 87.8 Å². The molecule has 6 nitrogen and oxygen atoms in total. The van der Waals surface area contributed by atoms with Crippen molar-refractivity contribution >= 4 is 17.6 Å². The van der Waals surface area contributed by atoms with Gasteiger partial charge in [-0.05, 0) is 18.2 Å². The van der Waals surface area contributed by atoms with Crippen LogP contribution in [0.5, 0.6) is 5.75 Å². The SMILES string of the molecule is COC(=O)COc1ccc(C(=O)OC)cc1N. The average Bonchev–Trinajstić information content (AvgIpc) is 2.35. The summed E-state index contributed by atoms with van der Waals surface area (Å²) in [4.78, 5) is 22.1. The van der Waals surface area contributed by atoms with Crippen molar-refractivity contribution in [2.24, 2.45) is 0 Å². The van der Waals surface area contributed by atoms with E-state index in [1.54, 1.807) is 0 Å². The molecule has 0 amide bonds. The second-order valence-electron chi connectivity index (χ2n) is 3.11. The number of methoxy groups -OCH3 is 2. The summed E-state index contributed by atoms with van der Waals surface area (Å²) in [5.74, 6) is -0.694. The molecule has 1 aromatic carbocycles. The Hall–Kier alpha value is -2.24. The Morgan fingerprint density at radius 3 is 2.47 bits per heavy atom. The zero-order valence-corrected chi connectivity index (χ0v) is 9.56. The van der Waals surface area contributed by atoms with Gasteiger partial charge in [0.15, 0.2) is 6.61 Å². The molecule has 0 radical (unpaired) electrons. The molecule has 0 unspecified atom stereocenters. The lowest BCUT2D eigenvalue weighted by Crippen LogP contribution is -2.13. The maximum Gasteiger partial charge on any atom is 0.343 e. The van der Waals surface area contributed by atoms with Gasteiger partial charge in [-0.1, -0.05) is 0 Å². The van der Waals surface area contributed by atoms with Crippen LogP contribution >= 0.6 is 0 Å². The molecule has 0 spiro atoms. The highest BCUT2D eigenvalue weighted by Crippen LogP contribution is 2.22. The van der Waals surface area contributed by atoms with Crippen LogP contribution in [0.4, 0.5) is 5.69 Å². The van der Waals surface area contributed by atoms with Crippen LogP contribution in [-0.2, 0) is 14.3 Å². The minimum absolute atomic E-state index is 0.238. The summed E-state index contributed by atoms with van der Waals surface area (Å²) >= 11 is 0. The zero-order valence-electron chi connectivity index (χ0n) is 9.56. The summed E-state index contributed by atoms with van der Waals surface area (Å²) in [6.45, 7) is -0.238. The van der Waals surface area contributed by atoms with Gasteiger partial charge < -0.3 is 19.9 Å². The highest BCUT2D eigenvalue weighted by atomic mass is 16.6. The molecule has 0 heterocycles. The van der Waals surface area contributed by atoms with Crippen molar-refractivity contribution < 1.29 is 23.8 Å². The molecule has 1 aromatic rings. The van der Waals surface area contributed by atoms with Crippen molar-refractivity contribution in [2.45, 2.75) is 0 Å². The minimum atomic E-state index is -0.513. The third kappa shape index (κ3) is 3.37. The number of anilines is 1. The molecule has 0 aliphatic carbocycles. The summed E-state index contributed by atoms with van der Waals surface area (Å²) < 4.78 is 14.1. The van der Waals surface area contributed by atoms with Gasteiger partial charge in [-0.3, -0.25) is 0 Å². The van der Waals surface area contributed by atoms with E-state index in [-0.39, 0.29) is 12.3 Å². The Morgan fingerprint density at radius 1 is 1.24 bits per heavy atom. The summed E-state index contributed by atoms with van der Waals surface area (Å²) in [7, 11) is 2.54. The molecular weight excluding hydrogens is 226 g/mol. The van der Waals surface area contributed by atoms with Crippen molar-refractivity contribution in [3.63, 3.8) is 0 Å². The normalized spacial score (nSPS) is 9.53. The number of ether oxygens (including phenoxy) is 3. The lowest BCUT2D eigenvalue weighted by atomic mass is 10.2. The van der Waals surface area contributed by atoms with Crippen LogP contribution < -0.4 is 10.5 Å². The molecule has 0 aliphatic rings. The third-order valence-corrected chi connectivity index (χ3v) is 2.00. The maximum absolute atomic E-state index is 11.2. The third-order valence-electron chi connectivity index (χ3n) is 2.00. The number of nitrogens with two attached hydrogens (primary N) is 1. The molecule has 92 valence electrons. The van der Waals surface area contributed by atoms with E-state index in [4.69, 9.17) is 10.5 Å². The largest absolute Gasteiger partial charge is 0.480 e. The van der Waals surface area contributed by atoms with E-state index < -0.39 is 11.9 Å². The quantitative estimate of drug-likeness (QED) is 0.611. The Labute approximate surface area is 98.3 Å². The summed E-state index contributed by atoms with van der Waals surface area (Å²) in [5.41, 5.74) is 6.22. The number of rotatable bonds is 4. The van der Waals surface area contributed by atoms with E-state index >= 15 is 0 Å². The maximum atomic E-state index is 11.2. The molecule has 0 aromatic heterocycles. The monoisotopic (exact) mass is 239 g/mol. The van der Waals surface area contributed by atoms with E-state index in [1.165, 1.54) is 32.4 Å². The fourth-order valence-corrected chi connectivity index (χ4v) is 1.12. The van der Waals surface area contributed by atoms with Crippen molar-refractivity contribution in [1.29, 1.82) is 0 Å². The number of esters is 2. The predicted octanol–water partition coefficient (Wildman–Crippen LogP) is 0.607. The first-order valence-corrected chi connectivity index (χ1v) is 4.76. The fraction of sp³-hybridized carbons (Fsp3) is 0.273. The second kappa shape index (κ2) is 5.74. The Morgan fingerprint density at radius 2 is 1.94 bits per heavy atom. The Kier molecular flexibility index (Phi) is 4.33. The predicted molar refractivity (Wildman–Crippen MR) is 59.7 cm³/mol. The van der Waals surface area contributed by atoms with Crippen LogP contribution in [-0.4, -0.2) is 32.8 Å². The van der Waals surface area contributed by atoms with Gasteiger partial charge in [0, 0.05) is 0 Å². The van der Waals surface area contributed by atoms with Crippen molar-refractivity contribution in [3.8, 4) is 5.75 Å². The van der Waals surface area contributed by atoms with Crippen molar-refractivity contribution in [3.05, 3.63) is 23.8 Å². The molecule has 1 rings (SSSR count). The minimum Gasteiger partial charge on any atom is -0.480 e. The first-order valence-electron chi connectivity index (χ1n) is 4.76. The van der Waals surface area contributed by atoms with Gasteiger partial charge in [-0.15, -0.1) is 0 Å². The number of hydrogen-bond donors (Lipinski definition) is 1. The number of hydrogen-bond acceptors (Lipinski definition) is 6. The Bertz CT molecular complexity index is 430. The molecule has 0 atom stereocenters. The molecule has 0 aliphatic heterocycles. The summed E-state index contributed by atoms with van der Waals surface area (Å²) in [5, 5.41) is 0. The van der Waals surface area contributed by atoms with Gasteiger partial charge in [0.1, 0.15) is 5.75 Å². The van der Waals surface area contributed by atoms with E-state index in [0.717, 1.165) is 0 Å². The van der Waals surface area contributed by atoms with Crippen LogP contribution in [0.2, 0.25) is 0 Å². The molecule has 0 bridgehead atoms. The lowest BCUT2D eigenvalue weighted by molar-refractivity contribution is -0.142. The van der Waals surface area contributed by atoms with E-state index in [1.807, 2.05) is 0 Å². The smallest absolute Gasteiger partial charge is 0.343 e. The van der Waals surface area contributed by atoms with Crippen LogP contribution in [0.25, 0.3) is 0 Å². The van der Waals surface area contributed by atoms with Gasteiger partial charge in [0.25, 0.3) is 0 Å². The zero-order chi connectivity index (χ0) is 12.8. The number of carbonyl (C=O) groups excluding carboxylic acids is 2. The first-order chi connectivity index (χ1) is 8.08. The lowest BCUT2D eigenvalue weighted by Gasteiger charge is -2.08. The highest BCUT2D eigenvalue weighted by Gasteiger charge is 2.10. The number of carbonyl (C=O) groups is 2. The van der Waals surface area contributed by atoms with E-state index in [9.17, 15) is 9.59 Å². The van der Waals surface area contributed by atoms with Crippen LogP contribution in [0.3, 0.4) is 0 Å². The summed E-state index contributed by atoms with van der Waals surface area (Å²) in [6, 6.07) is 4.40.